The van der Waals surface area contributed by atoms with Gasteiger partial charge in [-0.3, -0.25) is 14.3 Å². The van der Waals surface area contributed by atoms with Crippen molar-refractivity contribution in [2.24, 2.45) is 0 Å². The van der Waals surface area contributed by atoms with Crippen LogP contribution in [0.1, 0.15) is 70.9 Å². The van der Waals surface area contributed by atoms with Crippen LogP contribution in [0.25, 0.3) is 0 Å². The molecule has 0 spiro atoms. The summed E-state index contributed by atoms with van der Waals surface area (Å²) in [5, 5.41) is 29.4. The Morgan fingerprint density at radius 2 is 1.93 bits per heavy atom. The lowest BCUT2D eigenvalue weighted by Crippen LogP contribution is -2.40. The second-order valence-electron chi connectivity index (χ2n) is 8.42. The van der Waals surface area contributed by atoms with Crippen LogP contribution >= 0.6 is 7.60 Å². The first kappa shape index (κ1) is 25.1. The third-order valence-corrected chi connectivity index (χ3v) is 7.90. The van der Waals surface area contributed by atoms with Crippen LogP contribution in [-0.4, -0.2) is 59.4 Å². The van der Waals surface area contributed by atoms with Crippen LogP contribution < -0.4 is 5.56 Å². The Morgan fingerprint density at radius 1 is 1.30 bits per heavy atom. The van der Waals surface area contributed by atoms with Crippen LogP contribution in [0, 0.1) is 6.92 Å². The Bertz CT molecular complexity index is 844. The number of aryl methyl sites for hydroxylation is 1. The Labute approximate surface area is 175 Å². The second kappa shape index (κ2) is 9.16. The zero-order chi connectivity index (χ0) is 22.9. The molecule has 1 fully saturated rings. The number of hydrogen-bond donors (Lipinski definition) is 5. The minimum Gasteiger partial charge on any atom is -0.388 e. The monoisotopic (exact) mass is 448 g/mol. The second-order valence-corrected chi connectivity index (χ2v) is 10.6. The van der Waals surface area contributed by atoms with Crippen molar-refractivity contribution in [1.29, 1.82) is 0 Å². The zero-order valence-electron chi connectivity index (χ0n) is 18.0. The van der Waals surface area contributed by atoms with E-state index in [1.165, 1.54) is 6.92 Å². The van der Waals surface area contributed by atoms with Gasteiger partial charge < -0.3 is 34.5 Å². The maximum absolute atomic E-state index is 12.7. The van der Waals surface area contributed by atoms with E-state index < -0.39 is 48.5 Å². The van der Waals surface area contributed by atoms with Gasteiger partial charge in [-0.2, -0.15) is 0 Å². The molecule has 0 bridgehead atoms. The number of nitrogens with one attached hydrogen (secondary N) is 1. The van der Waals surface area contributed by atoms with Crippen molar-refractivity contribution >= 4 is 7.60 Å². The van der Waals surface area contributed by atoms with Crippen molar-refractivity contribution in [3.8, 4) is 0 Å². The molecule has 0 aromatic carbocycles. The average Bonchev–Trinajstić information content (AvgIpc) is 2.89. The van der Waals surface area contributed by atoms with Gasteiger partial charge in [0, 0.05) is 12.1 Å². The predicted octanol–water partition coefficient (Wildman–Crippen LogP) is 1.51. The average molecular weight is 448 g/mol. The highest BCUT2D eigenvalue weighted by atomic mass is 31.2. The van der Waals surface area contributed by atoms with E-state index >= 15 is 0 Å². The molecule has 4 unspecified atom stereocenters. The van der Waals surface area contributed by atoms with Crippen LogP contribution in [0.2, 0.25) is 0 Å². The molecule has 172 valence electrons. The molecule has 7 atom stereocenters. The van der Waals surface area contributed by atoms with E-state index in [-0.39, 0.29) is 12.8 Å². The summed E-state index contributed by atoms with van der Waals surface area (Å²) >= 11 is 0. The molecule has 1 aliphatic heterocycles. The Hall–Kier alpha value is -1.13. The molecule has 11 heteroatoms. The number of aliphatic hydroxyl groups is 3. The van der Waals surface area contributed by atoms with Gasteiger partial charge in [0.1, 0.15) is 18.3 Å². The van der Waals surface area contributed by atoms with Crippen LogP contribution in [0.5, 0.6) is 0 Å². The normalized spacial score (nSPS) is 30.4. The van der Waals surface area contributed by atoms with Crippen LogP contribution in [-0.2, 0) is 13.8 Å². The molecule has 1 aliphatic rings. The molecule has 30 heavy (non-hydrogen) atoms. The fourth-order valence-corrected chi connectivity index (χ4v) is 5.03. The molecule has 2 rings (SSSR count). The van der Waals surface area contributed by atoms with E-state index in [1.54, 1.807) is 20.8 Å². The standard InChI is InChI=1S/C19H33N2O8P/c1-6-8-18(4,29-30(26,27)19(5,25)7-2)9-12-15(23)16(24)17(28-12)14-11(3)21-13(22)10-20-14/h10,12,15-17,23-25H,6-9H2,1-5H3,(H,21,22)(H,26,27)/t12-,15?,16+,17+,18?,19?/m1/s1. The minimum absolute atomic E-state index is 0.00229. The highest BCUT2D eigenvalue weighted by Gasteiger charge is 2.51. The lowest BCUT2D eigenvalue weighted by Gasteiger charge is -2.38. The molecular weight excluding hydrogens is 415 g/mol. The number of aromatic amines is 1. The fourth-order valence-electron chi connectivity index (χ4n) is 3.67. The zero-order valence-corrected chi connectivity index (χ0v) is 18.9. The van der Waals surface area contributed by atoms with Crippen LogP contribution in [0.15, 0.2) is 11.0 Å². The number of H-pyrrole nitrogens is 1. The van der Waals surface area contributed by atoms with E-state index in [1.807, 2.05) is 6.92 Å². The first-order valence-electron chi connectivity index (χ1n) is 10.1. The largest absolute Gasteiger partial charge is 0.388 e. The Morgan fingerprint density at radius 3 is 2.47 bits per heavy atom. The summed E-state index contributed by atoms with van der Waals surface area (Å²) in [7, 11) is -4.42. The van der Waals surface area contributed by atoms with Crippen molar-refractivity contribution in [3.63, 3.8) is 0 Å². The third kappa shape index (κ3) is 5.19. The molecule has 10 nitrogen and oxygen atoms in total. The highest BCUT2D eigenvalue weighted by molar-refractivity contribution is 7.54. The Kier molecular flexibility index (Phi) is 7.67. The van der Waals surface area contributed by atoms with Crippen molar-refractivity contribution < 1.29 is 34.0 Å². The van der Waals surface area contributed by atoms with Crippen molar-refractivity contribution in [3.05, 3.63) is 27.9 Å². The van der Waals surface area contributed by atoms with Gasteiger partial charge in [0.25, 0.3) is 5.56 Å². The van der Waals surface area contributed by atoms with Gasteiger partial charge in [0.2, 0.25) is 0 Å². The molecule has 2 heterocycles. The van der Waals surface area contributed by atoms with Crippen LogP contribution in [0.3, 0.4) is 0 Å². The number of rotatable bonds is 9. The molecule has 0 saturated carbocycles. The quantitative estimate of drug-likeness (QED) is 0.352. The van der Waals surface area contributed by atoms with Crippen molar-refractivity contribution in [2.75, 3.05) is 0 Å². The molecule has 1 saturated heterocycles. The molecular formula is C19H33N2O8P. The van der Waals surface area contributed by atoms with Gasteiger partial charge >= 0.3 is 7.60 Å². The summed E-state index contributed by atoms with van der Waals surface area (Å²) in [6.07, 6.45) is -2.44. The number of hydrogen-bond acceptors (Lipinski definition) is 8. The van der Waals surface area contributed by atoms with E-state index in [9.17, 15) is 29.6 Å². The fraction of sp³-hybridized carbons (Fsp3) is 0.789. The smallest absolute Gasteiger partial charge is 0.359 e. The lowest BCUT2D eigenvalue weighted by atomic mass is 9.91. The predicted molar refractivity (Wildman–Crippen MR) is 109 cm³/mol. The van der Waals surface area contributed by atoms with Gasteiger partial charge in [-0.05, 0) is 33.6 Å². The SMILES string of the molecule is CCCC(C)(C[C@H]1O[C@@H](c2ncc(=O)[nH]c2C)[C@@H](O)C1O)OP(=O)(O)C(C)(O)CC. The highest BCUT2D eigenvalue weighted by Crippen LogP contribution is 2.59. The lowest BCUT2D eigenvalue weighted by molar-refractivity contribution is -0.0556. The molecule has 1 aromatic rings. The van der Waals surface area contributed by atoms with Crippen molar-refractivity contribution in [2.45, 2.75) is 95.7 Å². The maximum Gasteiger partial charge on any atom is 0.359 e. The molecule has 0 aliphatic carbocycles. The van der Waals surface area contributed by atoms with E-state index in [0.29, 0.717) is 24.2 Å². The first-order valence-corrected chi connectivity index (χ1v) is 11.7. The summed E-state index contributed by atoms with van der Waals surface area (Å²) < 4.78 is 24.2. The molecule has 0 radical (unpaired) electrons. The summed E-state index contributed by atoms with van der Waals surface area (Å²) in [6.45, 7) is 7.92. The summed E-state index contributed by atoms with van der Waals surface area (Å²) in [5.74, 6) is 0. The number of nitrogens with zero attached hydrogens (tertiary/aromatic N) is 1. The van der Waals surface area contributed by atoms with Gasteiger partial charge in [-0.1, -0.05) is 20.3 Å². The molecule has 0 amide bonds. The number of ether oxygens (including phenoxy) is 1. The number of aromatic nitrogens is 2. The van der Waals surface area contributed by atoms with E-state index in [0.717, 1.165) is 6.20 Å². The number of aliphatic hydroxyl groups excluding tert-OH is 2. The topological polar surface area (TPSA) is 162 Å². The summed E-state index contributed by atoms with van der Waals surface area (Å²) in [4.78, 5) is 28.4. The maximum atomic E-state index is 12.7. The van der Waals surface area contributed by atoms with Crippen LogP contribution in [0.4, 0.5) is 0 Å². The molecule has 5 N–H and O–H groups in total. The molecule has 1 aromatic heterocycles. The van der Waals surface area contributed by atoms with Gasteiger partial charge in [0.15, 0.2) is 5.34 Å². The van der Waals surface area contributed by atoms with Gasteiger partial charge in [0.05, 0.1) is 23.6 Å². The van der Waals surface area contributed by atoms with Crippen molar-refractivity contribution in [1.82, 2.24) is 9.97 Å². The Balaban J connectivity index is 2.26. The summed E-state index contributed by atoms with van der Waals surface area (Å²) in [5.41, 5.74) is -0.896. The van der Waals surface area contributed by atoms with E-state index in [4.69, 9.17) is 9.26 Å². The minimum atomic E-state index is -4.42. The third-order valence-electron chi connectivity index (χ3n) is 5.68. The first-order chi connectivity index (χ1) is 13.8. The van der Waals surface area contributed by atoms with E-state index in [2.05, 4.69) is 9.97 Å². The summed E-state index contributed by atoms with van der Waals surface area (Å²) in [6, 6.07) is 0. The van der Waals surface area contributed by atoms with Gasteiger partial charge in [-0.25, -0.2) is 0 Å². The van der Waals surface area contributed by atoms with Gasteiger partial charge in [-0.15, -0.1) is 0 Å².